The van der Waals surface area contributed by atoms with Crippen LogP contribution in [0, 0.1) is 41.4 Å². The van der Waals surface area contributed by atoms with Crippen molar-refractivity contribution in [3.05, 3.63) is 0 Å². The fraction of sp³-hybridized carbons (Fsp3) is 0.807. The minimum atomic E-state index is -1.63. The lowest BCUT2D eigenvalue weighted by Gasteiger charge is -2.39. The van der Waals surface area contributed by atoms with Crippen LogP contribution in [0.25, 0.3) is 0 Å². The fourth-order valence-corrected chi connectivity index (χ4v) is 12.1. The van der Waals surface area contributed by atoms with E-state index >= 15 is 14.4 Å². The van der Waals surface area contributed by atoms with Crippen LogP contribution in [0.4, 0.5) is 0 Å². The number of fused-ring (bicyclic) bond motifs is 2. The second-order valence-corrected chi connectivity index (χ2v) is 24.2. The highest BCUT2D eigenvalue weighted by molar-refractivity contribution is 5.99. The summed E-state index contributed by atoms with van der Waals surface area (Å²) in [5.41, 5.74) is 0. The number of hydrogen-bond acceptors (Lipinski definition) is 12. The van der Waals surface area contributed by atoms with Crippen LogP contribution in [0.3, 0.4) is 0 Å². The molecule has 4 aliphatic heterocycles. The molecule has 22 heteroatoms. The number of carbonyl (C=O) groups is 11. The smallest absolute Gasteiger partial charge is 0.325 e. The number of likely N-dealkylation sites (tertiary alicyclic amines) is 1. The molecule has 3 N–H and O–H groups in total. The molecule has 0 aromatic rings. The number of nitrogens with one attached hydrogen (secondary N) is 3. The maximum absolute atomic E-state index is 15.2. The van der Waals surface area contributed by atoms with Gasteiger partial charge in [-0.1, -0.05) is 102 Å². The number of amides is 10. The van der Waals surface area contributed by atoms with Gasteiger partial charge in [0.05, 0.1) is 0 Å². The summed E-state index contributed by atoms with van der Waals surface area (Å²) in [4.78, 5) is 169. The van der Waals surface area contributed by atoms with E-state index in [1.165, 1.54) is 71.4 Å². The predicted octanol–water partition coefficient (Wildman–Crippen LogP) is 2.26. The highest BCUT2D eigenvalue weighted by Gasteiger charge is 2.50. The molecular formula is C57H96N10O12. The average molecular weight is 1110 g/mol. The van der Waals surface area contributed by atoms with Crippen LogP contribution < -0.4 is 16.0 Å². The van der Waals surface area contributed by atoms with Gasteiger partial charge in [0.15, 0.2) is 0 Å². The number of carbonyl (C=O) groups excluding carboxylic acids is 11. The highest BCUT2D eigenvalue weighted by Crippen LogP contribution is 2.31. The highest BCUT2D eigenvalue weighted by atomic mass is 16.5. The molecule has 446 valence electrons. The summed E-state index contributed by atoms with van der Waals surface area (Å²) in [6.07, 6.45) is 1.08. The second-order valence-electron chi connectivity index (χ2n) is 24.2. The van der Waals surface area contributed by atoms with Crippen molar-refractivity contribution in [3.8, 4) is 0 Å². The molecule has 79 heavy (non-hydrogen) atoms. The zero-order valence-electron chi connectivity index (χ0n) is 50.6. The largest absolute Gasteiger partial charge is 0.459 e. The first kappa shape index (κ1) is 65.7. The van der Waals surface area contributed by atoms with E-state index in [2.05, 4.69) is 16.0 Å². The normalized spacial score (nSPS) is 30.2. The van der Waals surface area contributed by atoms with E-state index in [0.29, 0.717) is 32.1 Å². The third kappa shape index (κ3) is 14.8. The SMILES string of the molecule is CCC(C)[C@@H]1NC(=O)[C@H]2C[C@@H](C)CN2C(=O)[C@H](C(C)CC)NC(=O)[C@@H](N(C)C(=O)C2C[C@@H](C)CN2C(=O)[C@H](C(C)C)N(C)C(C)=O)[C@@H](C)OC(=O)CNC(=O)[C@@H](C(C)CC)N(C)C(=O)[C@@H]2CCCN2C(=O)[C@H](C(C)C)N(C)C1=O. The van der Waals surface area contributed by atoms with Gasteiger partial charge < -0.3 is 55.0 Å². The van der Waals surface area contributed by atoms with E-state index in [1.807, 2.05) is 41.5 Å². The second kappa shape index (κ2) is 28.0. The van der Waals surface area contributed by atoms with Crippen LogP contribution in [0.2, 0.25) is 0 Å². The lowest BCUT2D eigenvalue weighted by atomic mass is 9.94. The molecule has 0 aromatic carbocycles. The average Bonchev–Trinajstić information content (AvgIpc) is 4.21. The Morgan fingerprint density at radius 2 is 1.20 bits per heavy atom. The predicted molar refractivity (Wildman–Crippen MR) is 296 cm³/mol. The first-order chi connectivity index (χ1) is 36.9. The molecule has 0 spiro atoms. The van der Waals surface area contributed by atoms with Crippen LogP contribution in [-0.4, -0.2) is 214 Å². The van der Waals surface area contributed by atoms with Crippen molar-refractivity contribution in [2.75, 3.05) is 54.4 Å². The van der Waals surface area contributed by atoms with Gasteiger partial charge in [-0.3, -0.25) is 52.7 Å². The zero-order chi connectivity index (χ0) is 59.8. The van der Waals surface area contributed by atoms with Crippen molar-refractivity contribution in [2.24, 2.45) is 41.4 Å². The van der Waals surface area contributed by atoms with Gasteiger partial charge in [0.2, 0.25) is 59.1 Å². The van der Waals surface area contributed by atoms with Crippen molar-refractivity contribution in [2.45, 2.75) is 202 Å². The maximum atomic E-state index is 15.2. The molecule has 0 aliphatic carbocycles. The van der Waals surface area contributed by atoms with E-state index in [-0.39, 0.29) is 56.1 Å². The van der Waals surface area contributed by atoms with Gasteiger partial charge in [-0.05, 0) is 74.0 Å². The van der Waals surface area contributed by atoms with E-state index in [0.717, 1.165) is 4.90 Å². The standard InChI is InChI=1S/C57H96N10O12/c1-19-34(10)43-54(75)62(16)46(31(6)7)56(77)65-24-22-23-39(65)52(73)63(17)47(36(12)21-3)50(71)58-27-42(69)79-37(13)48(51(72)60-44(35(11)20-2)55(76)66-28-32(8)25-40(66)49(70)59-43)64(18)53(74)41-26-33(9)29-67(41)57(78)45(30(4)5)61(15)38(14)68/h30-37,39-41,43-48H,19-29H2,1-18H3,(H,58,71)(H,59,70)(H,60,72)/t32-,33-,34?,35?,36?,37-,39+,40-,41?,43+,44+,45+,46+,47-,48+/m1/s1. The molecule has 4 fully saturated rings. The maximum Gasteiger partial charge on any atom is 0.325 e. The Bertz CT molecular complexity index is 2260. The minimum Gasteiger partial charge on any atom is -0.459 e. The number of likely N-dealkylation sites (N-methyl/N-ethyl adjacent to an activating group) is 4. The fourth-order valence-electron chi connectivity index (χ4n) is 12.1. The van der Waals surface area contributed by atoms with Gasteiger partial charge in [0.1, 0.15) is 67.0 Å². The molecule has 0 bridgehead atoms. The Hall–Kier alpha value is -5.83. The summed E-state index contributed by atoms with van der Waals surface area (Å²) in [5.74, 6) is -9.18. The Kier molecular flexibility index (Phi) is 23.3. The lowest BCUT2D eigenvalue weighted by molar-refractivity contribution is -0.160. The Morgan fingerprint density at radius 3 is 1.75 bits per heavy atom. The molecule has 4 saturated heterocycles. The summed E-state index contributed by atoms with van der Waals surface area (Å²) < 4.78 is 5.92. The molecule has 4 heterocycles. The molecule has 15 atom stereocenters. The first-order valence-corrected chi connectivity index (χ1v) is 28.9. The van der Waals surface area contributed by atoms with E-state index in [9.17, 15) is 38.4 Å². The first-order valence-electron chi connectivity index (χ1n) is 28.9. The third-order valence-electron chi connectivity index (χ3n) is 17.4. The van der Waals surface area contributed by atoms with Gasteiger partial charge >= 0.3 is 5.97 Å². The number of rotatable bonds is 12. The van der Waals surface area contributed by atoms with Gasteiger partial charge in [-0.25, -0.2) is 0 Å². The van der Waals surface area contributed by atoms with Crippen LogP contribution in [0.15, 0.2) is 0 Å². The van der Waals surface area contributed by atoms with Crippen molar-refractivity contribution >= 4 is 65.0 Å². The number of ether oxygens (including phenoxy) is 1. The van der Waals surface area contributed by atoms with Crippen LogP contribution in [-0.2, 0) is 57.5 Å². The molecule has 0 radical (unpaired) electrons. The molecule has 4 rings (SSSR count). The van der Waals surface area contributed by atoms with Crippen LogP contribution in [0.5, 0.6) is 0 Å². The van der Waals surface area contributed by atoms with E-state index in [4.69, 9.17) is 4.74 Å². The molecule has 22 nitrogen and oxygen atoms in total. The molecule has 0 saturated carbocycles. The summed E-state index contributed by atoms with van der Waals surface area (Å²) in [7, 11) is 5.87. The Morgan fingerprint density at radius 1 is 0.658 bits per heavy atom. The monoisotopic (exact) mass is 1110 g/mol. The molecule has 0 aromatic heterocycles. The third-order valence-corrected chi connectivity index (χ3v) is 17.4. The summed E-state index contributed by atoms with van der Waals surface area (Å²) in [6.45, 7) is 24.5. The summed E-state index contributed by atoms with van der Waals surface area (Å²) in [6, 6.07) is -10.2. The number of esters is 1. The molecule has 4 aliphatic rings. The van der Waals surface area contributed by atoms with Gasteiger partial charge in [-0.15, -0.1) is 0 Å². The van der Waals surface area contributed by atoms with E-state index < -0.39 is 150 Å². The van der Waals surface area contributed by atoms with Crippen LogP contribution in [0.1, 0.15) is 142 Å². The van der Waals surface area contributed by atoms with Crippen molar-refractivity contribution < 1.29 is 57.5 Å². The van der Waals surface area contributed by atoms with Gasteiger partial charge in [0, 0.05) is 54.7 Å². The number of hydrogen-bond donors (Lipinski definition) is 3. The zero-order valence-corrected chi connectivity index (χ0v) is 50.6. The Balaban J connectivity index is 1.88. The molecular weight excluding hydrogens is 1020 g/mol. The number of nitrogens with zero attached hydrogens (tertiary/aromatic N) is 7. The summed E-state index contributed by atoms with van der Waals surface area (Å²) in [5, 5.41) is 8.49. The minimum absolute atomic E-state index is 0.135. The molecule has 4 unspecified atom stereocenters. The van der Waals surface area contributed by atoms with Gasteiger partial charge in [0.25, 0.3) is 0 Å². The van der Waals surface area contributed by atoms with Crippen molar-refractivity contribution in [3.63, 3.8) is 0 Å². The van der Waals surface area contributed by atoms with Crippen molar-refractivity contribution in [1.29, 1.82) is 0 Å². The topological polar surface area (TPSA) is 256 Å². The lowest BCUT2D eigenvalue weighted by Crippen LogP contribution is -2.63. The quantitative estimate of drug-likeness (QED) is 0.238. The summed E-state index contributed by atoms with van der Waals surface area (Å²) >= 11 is 0. The van der Waals surface area contributed by atoms with Gasteiger partial charge in [-0.2, -0.15) is 0 Å². The van der Waals surface area contributed by atoms with Crippen LogP contribution >= 0.6 is 0 Å². The molecule has 10 amide bonds. The number of cyclic esters (lactones) is 1. The Labute approximate surface area is 469 Å². The van der Waals surface area contributed by atoms with Crippen molar-refractivity contribution in [1.82, 2.24) is 50.2 Å². The van der Waals surface area contributed by atoms with E-state index in [1.54, 1.807) is 41.5 Å².